The van der Waals surface area contributed by atoms with Crippen LogP contribution in [0.3, 0.4) is 0 Å². The van der Waals surface area contributed by atoms with E-state index in [1.807, 2.05) is 61.5 Å². The van der Waals surface area contributed by atoms with Crippen LogP contribution < -0.4 is 15.5 Å². The summed E-state index contributed by atoms with van der Waals surface area (Å²) in [5.74, 6) is -1.88. The zero-order valence-electron chi connectivity index (χ0n) is 23.8. The molecule has 2 aromatic rings. The Kier molecular flexibility index (Phi) is 9.01. The second kappa shape index (κ2) is 12.4. The van der Waals surface area contributed by atoms with Crippen LogP contribution in [0.5, 0.6) is 0 Å². The molecule has 7 atom stereocenters. The predicted octanol–water partition coefficient (Wildman–Crippen LogP) is 4.20. The SMILES string of the molecule is CCCNC(=O)[C@H]1[C@@H]2SC3(CC2Br)C(C(=O)Nc2ccc(N(CC)CC)cc2)N([C@H](CO)c2ccccc2)C(=O)[C@H]13. The van der Waals surface area contributed by atoms with Crippen molar-refractivity contribution in [2.45, 2.75) is 60.5 Å². The van der Waals surface area contributed by atoms with Crippen molar-refractivity contribution in [3.8, 4) is 0 Å². The molecule has 3 unspecified atom stereocenters. The molecule has 0 aromatic heterocycles. The number of fused-ring (bicyclic) bond motifs is 1. The third-order valence-electron chi connectivity index (χ3n) is 8.78. The van der Waals surface area contributed by atoms with Crippen molar-refractivity contribution in [2.24, 2.45) is 11.8 Å². The summed E-state index contributed by atoms with van der Waals surface area (Å²) in [5.41, 5.74) is 2.47. The smallest absolute Gasteiger partial charge is 0.248 e. The Morgan fingerprint density at radius 3 is 2.39 bits per heavy atom. The lowest BCUT2D eigenvalue weighted by Crippen LogP contribution is -2.53. The number of likely N-dealkylation sites (tertiary alicyclic amines) is 1. The van der Waals surface area contributed by atoms with Crippen LogP contribution in [0, 0.1) is 11.8 Å². The number of halogens is 1. The van der Waals surface area contributed by atoms with Gasteiger partial charge in [0.2, 0.25) is 17.7 Å². The van der Waals surface area contributed by atoms with Crippen molar-refractivity contribution in [1.29, 1.82) is 0 Å². The van der Waals surface area contributed by atoms with Crippen molar-refractivity contribution in [3.05, 3.63) is 60.2 Å². The van der Waals surface area contributed by atoms with E-state index in [0.717, 1.165) is 30.8 Å². The zero-order chi connectivity index (χ0) is 29.3. The molecule has 220 valence electrons. The first-order chi connectivity index (χ1) is 19.8. The van der Waals surface area contributed by atoms with Crippen molar-refractivity contribution in [1.82, 2.24) is 10.2 Å². The highest BCUT2D eigenvalue weighted by Crippen LogP contribution is 2.68. The van der Waals surface area contributed by atoms with Crippen molar-refractivity contribution < 1.29 is 19.5 Å². The third-order valence-corrected chi connectivity index (χ3v) is 12.0. The number of rotatable bonds is 11. The minimum atomic E-state index is -0.862. The number of alkyl halides is 1. The molecular formula is C31H39BrN4O4S. The van der Waals surface area contributed by atoms with Gasteiger partial charge < -0.3 is 25.5 Å². The van der Waals surface area contributed by atoms with E-state index in [1.54, 1.807) is 16.7 Å². The molecule has 0 radical (unpaired) electrons. The topological polar surface area (TPSA) is 102 Å². The number of hydrogen-bond acceptors (Lipinski definition) is 6. The first-order valence-electron chi connectivity index (χ1n) is 14.5. The van der Waals surface area contributed by atoms with E-state index in [4.69, 9.17) is 0 Å². The lowest BCUT2D eigenvalue weighted by atomic mass is 9.70. The van der Waals surface area contributed by atoms with Crippen molar-refractivity contribution >= 4 is 56.8 Å². The monoisotopic (exact) mass is 642 g/mol. The summed E-state index contributed by atoms with van der Waals surface area (Å²) in [7, 11) is 0. The number of carbonyl (C=O) groups is 3. The molecule has 3 fully saturated rings. The molecule has 10 heteroatoms. The Labute approximate surface area is 254 Å². The number of nitrogens with zero attached hydrogens (tertiary/aromatic N) is 2. The van der Waals surface area contributed by atoms with Crippen molar-refractivity contribution in [3.63, 3.8) is 0 Å². The molecule has 3 amide bonds. The average Bonchev–Trinajstić information content (AvgIpc) is 3.58. The number of amides is 3. The summed E-state index contributed by atoms with van der Waals surface area (Å²) in [6, 6.07) is 15.5. The van der Waals surface area contributed by atoms with E-state index in [-0.39, 0.29) is 34.4 Å². The minimum absolute atomic E-state index is 0.0122. The fraction of sp³-hybridized carbons (Fsp3) is 0.516. The summed E-state index contributed by atoms with van der Waals surface area (Å²) < 4.78 is -0.794. The fourth-order valence-corrected chi connectivity index (χ4v) is 10.6. The maximum Gasteiger partial charge on any atom is 0.248 e. The second-order valence-electron chi connectivity index (χ2n) is 11.0. The highest BCUT2D eigenvalue weighted by molar-refractivity contribution is 9.09. The number of benzene rings is 2. The summed E-state index contributed by atoms with van der Waals surface area (Å²) >= 11 is 5.40. The van der Waals surface area contributed by atoms with E-state index >= 15 is 0 Å². The molecule has 3 aliphatic heterocycles. The standard InChI is InChI=1S/C31H39BrN4O4S/c1-4-16-33-28(38)24-25-30(40)36(23(18-37)19-10-8-7-9-11-19)27(31(25)17-22(32)26(24)41-31)29(39)34-20-12-14-21(15-13-20)35(5-2)6-3/h7-15,22-27,37H,4-6,16-18H2,1-3H3,(H,33,38)(H,34,39)/t22?,23-,24-,25+,26-,27?,31?/m1/s1. The van der Waals surface area contributed by atoms with E-state index in [0.29, 0.717) is 18.7 Å². The van der Waals surface area contributed by atoms with E-state index in [9.17, 15) is 19.5 Å². The number of hydrogen-bond donors (Lipinski definition) is 3. The lowest BCUT2D eigenvalue weighted by Gasteiger charge is -2.37. The minimum Gasteiger partial charge on any atom is -0.394 e. The summed E-state index contributed by atoms with van der Waals surface area (Å²) in [6.45, 7) is 8.16. The number of aliphatic hydroxyl groups is 1. The van der Waals surface area contributed by atoms with Gasteiger partial charge in [-0.15, -0.1) is 11.8 Å². The molecule has 41 heavy (non-hydrogen) atoms. The highest BCUT2D eigenvalue weighted by Gasteiger charge is 2.76. The first kappa shape index (κ1) is 29.9. The maximum atomic E-state index is 14.4. The highest BCUT2D eigenvalue weighted by atomic mass is 79.9. The number of aliphatic hydroxyl groups excluding tert-OH is 1. The fourth-order valence-electron chi connectivity index (χ4n) is 6.95. The van der Waals surface area contributed by atoms with Crippen LogP contribution in [0.15, 0.2) is 54.6 Å². The van der Waals surface area contributed by atoms with Crippen LogP contribution in [-0.2, 0) is 14.4 Å². The van der Waals surface area contributed by atoms with Crippen LogP contribution in [0.25, 0.3) is 0 Å². The van der Waals surface area contributed by atoms with Crippen LogP contribution in [0.2, 0.25) is 0 Å². The molecule has 3 aliphatic rings. The Morgan fingerprint density at radius 2 is 1.78 bits per heavy atom. The zero-order valence-corrected chi connectivity index (χ0v) is 26.2. The molecule has 0 saturated carbocycles. The molecule has 3 heterocycles. The van der Waals surface area contributed by atoms with Gasteiger partial charge in [-0.05, 0) is 56.5 Å². The van der Waals surface area contributed by atoms with Gasteiger partial charge in [0, 0.05) is 41.1 Å². The number of thioether (sulfide) groups is 1. The van der Waals surface area contributed by atoms with Gasteiger partial charge >= 0.3 is 0 Å². The normalized spacial score (nSPS) is 28.9. The predicted molar refractivity (Wildman–Crippen MR) is 167 cm³/mol. The van der Waals surface area contributed by atoms with Crippen LogP contribution >= 0.6 is 27.7 Å². The summed E-state index contributed by atoms with van der Waals surface area (Å²) in [5, 5.41) is 16.6. The van der Waals surface area contributed by atoms with Gasteiger partial charge in [0.05, 0.1) is 29.2 Å². The Balaban J connectivity index is 1.53. The van der Waals surface area contributed by atoms with Crippen LogP contribution in [-0.4, -0.2) is 74.8 Å². The third kappa shape index (κ3) is 5.16. The largest absolute Gasteiger partial charge is 0.394 e. The molecule has 2 bridgehead atoms. The van der Waals surface area contributed by atoms with Gasteiger partial charge in [0.15, 0.2) is 0 Å². The molecule has 1 spiro atoms. The van der Waals surface area contributed by atoms with E-state index in [2.05, 4.69) is 45.3 Å². The summed E-state index contributed by atoms with van der Waals surface area (Å²) in [4.78, 5) is 46.0. The van der Waals surface area contributed by atoms with Crippen LogP contribution in [0.4, 0.5) is 11.4 Å². The van der Waals surface area contributed by atoms with Crippen molar-refractivity contribution in [2.75, 3.05) is 36.5 Å². The lowest BCUT2D eigenvalue weighted by molar-refractivity contribution is -0.142. The Morgan fingerprint density at radius 1 is 1.10 bits per heavy atom. The Bertz CT molecular complexity index is 1260. The van der Waals surface area contributed by atoms with Gasteiger partial charge in [-0.25, -0.2) is 0 Å². The van der Waals surface area contributed by atoms with Gasteiger partial charge in [-0.3, -0.25) is 14.4 Å². The van der Waals surface area contributed by atoms with E-state index < -0.39 is 28.7 Å². The molecule has 0 aliphatic carbocycles. The number of nitrogens with one attached hydrogen (secondary N) is 2. The van der Waals surface area contributed by atoms with Gasteiger partial charge in [-0.1, -0.05) is 53.2 Å². The second-order valence-corrected chi connectivity index (χ2v) is 13.7. The van der Waals surface area contributed by atoms with Gasteiger partial charge in [0.1, 0.15) is 6.04 Å². The van der Waals surface area contributed by atoms with Gasteiger partial charge in [0.25, 0.3) is 0 Å². The molecule has 3 N–H and O–H groups in total. The maximum absolute atomic E-state index is 14.4. The molecule has 8 nitrogen and oxygen atoms in total. The quantitative estimate of drug-likeness (QED) is 0.318. The van der Waals surface area contributed by atoms with E-state index in [1.165, 1.54) is 0 Å². The molecule has 2 aromatic carbocycles. The van der Waals surface area contributed by atoms with Crippen LogP contribution in [0.1, 0.15) is 45.2 Å². The number of anilines is 2. The molecule has 5 rings (SSSR count). The summed E-state index contributed by atoms with van der Waals surface area (Å²) in [6.07, 6.45) is 1.38. The number of carbonyl (C=O) groups excluding carboxylic acids is 3. The Hall–Kier alpha value is -2.56. The molecular weight excluding hydrogens is 604 g/mol. The van der Waals surface area contributed by atoms with Gasteiger partial charge in [-0.2, -0.15) is 0 Å². The first-order valence-corrected chi connectivity index (χ1v) is 16.3. The average molecular weight is 644 g/mol. The molecule has 3 saturated heterocycles.